The molecule has 0 fully saturated rings. The second-order valence-corrected chi connectivity index (χ2v) is 3.27. The number of hydrogen-bond acceptors (Lipinski definition) is 2. The molecule has 0 saturated carbocycles. The molecule has 0 aromatic rings. The van der Waals surface area contributed by atoms with Gasteiger partial charge in [0.1, 0.15) is 0 Å². The second kappa shape index (κ2) is 6.62. The van der Waals surface area contributed by atoms with E-state index in [2.05, 4.69) is 13.8 Å². The molecule has 0 bridgehead atoms. The maximum absolute atomic E-state index is 9.37. The Morgan fingerprint density at radius 1 is 1.36 bits per heavy atom. The Hall–Kier alpha value is -0.0800. The Morgan fingerprint density at radius 2 is 2.00 bits per heavy atom. The molecule has 1 N–H and O–H groups in total. The number of ether oxygens (including phenoxy) is 1. The highest BCUT2D eigenvalue weighted by atomic mass is 16.5. The molecular formula is C9H20O2. The quantitative estimate of drug-likeness (QED) is 0.600. The Morgan fingerprint density at radius 3 is 2.45 bits per heavy atom. The highest BCUT2D eigenvalue weighted by Gasteiger charge is 2.05. The Labute approximate surface area is 69.6 Å². The summed E-state index contributed by atoms with van der Waals surface area (Å²) in [5.74, 6) is 0.576. The SMILES string of the molecule is CCOCCC(O)CC(C)C. The van der Waals surface area contributed by atoms with E-state index in [0.717, 1.165) is 19.4 Å². The van der Waals surface area contributed by atoms with Crippen molar-refractivity contribution in [2.75, 3.05) is 13.2 Å². The van der Waals surface area contributed by atoms with Crippen molar-refractivity contribution >= 4 is 0 Å². The third-order valence-corrected chi connectivity index (χ3v) is 1.54. The molecule has 0 aromatic heterocycles. The monoisotopic (exact) mass is 160 g/mol. The number of aliphatic hydroxyl groups excluding tert-OH is 1. The van der Waals surface area contributed by atoms with Gasteiger partial charge in [0.25, 0.3) is 0 Å². The van der Waals surface area contributed by atoms with E-state index in [1.807, 2.05) is 6.92 Å². The molecule has 0 amide bonds. The van der Waals surface area contributed by atoms with Gasteiger partial charge in [0.05, 0.1) is 6.10 Å². The van der Waals surface area contributed by atoms with Crippen molar-refractivity contribution in [2.24, 2.45) is 5.92 Å². The first kappa shape index (κ1) is 10.9. The van der Waals surface area contributed by atoms with Gasteiger partial charge in [-0.15, -0.1) is 0 Å². The molecule has 1 atom stereocenters. The summed E-state index contributed by atoms with van der Waals surface area (Å²) in [6.45, 7) is 7.63. The van der Waals surface area contributed by atoms with E-state index in [1.54, 1.807) is 0 Å². The first-order valence-corrected chi connectivity index (χ1v) is 4.42. The zero-order valence-corrected chi connectivity index (χ0v) is 7.84. The van der Waals surface area contributed by atoms with Crippen molar-refractivity contribution in [3.8, 4) is 0 Å². The van der Waals surface area contributed by atoms with E-state index in [0.29, 0.717) is 12.5 Å². The fourth-order valence-electron chi connectivity index (χ4n) is 1.03. The van der Waals surface area contributed by atoms with Gasteiger partial charge in [0.2, 0.25) is 0 Å². The lowest BCUT2D eigenvalue weighted by molar-refractivity contribution is 0.0778. The summed E-state index contributed by atoms with van der Waals surface area (Å²) in [6, 6.07) is 0. The third-order valence-electron chi connectivity index (χ3n) is 1.54. The second-order valence-electron chi connectivity index (χ2n) is 3.27. The van der Waals surface area contributed by atoms with E-state index >= 15 is 0 Å². The fourth-order valence-corrected chi connectivity index (χ4v) is 1.03. The minimum absolute atomic E-state index is 0.179. The summed E-state index contributed by atoms with van der Waals surface area (Å²) in [5.41, 5.74) is 0. The Bertz CT molecular complexity index is 81.6. The van der Waals surface area contributed by atoms with Crippen LogP contribution in [0.2, 0.25) is 0 Å². The molecule has 0 radical (unpaired) electrons. The fraction of sp³-hybridized carbons (Fsp3) is 1.00. The maximum atomic E-state index is 9.37. The molecule has 11 heavy (non-hydrogen) atoms. The molecule has 0 rings (SSSR count). The Kier molecular flexibility index (Phi) is 6.57. The van der Waals surface area contributed by atoms with Crippen LogP contribution in [0.1, 0.15) is 33.6 Å². The highest BCUT2D eigenvalue weighted by molar-refractivity contribution is 4.57. The van der Waals surface area contributed by atoms with E-state index in [4.69, 9.17) is 4.74 Å². The van der Waals surface area contributed by atoms with E-state index < -0.39 is 0 Å². The van der Waals surface area contributed by atoms with Crippen LogP contribution < -0.4 is 0 Å². The molecule has 0 heterocycles. The summed E-state index contributed by atoms with van der Waals surface area (Å²) in [4.78, 5) is 0. The number of hydrogen-bond donors (Lipinski definition) is 1. The van der Waals surface area contributed by atoms with Crippen molar-refractivity contribution in [3.05, 3.63) is 0 Å². The first-order valence-electron chi connectivity index (χ1n) is 4.42. The maximum Gasteiger partial charge on any atom is 0.0564 e. The molecule has 2 heteroatoms. The summed E-state index contributed by atoms with van der Waals surface area (Å²) in [7, 11) is 0. The van der Waals surface area contributed by atoms with Crippen LogP contribution in [0.3, 0.4) is 0 Å². The third kappa shape index (κ3) is 7.82. The molecular weight excluding hydrogens is 140 g/mol. The van der Waals surface area contributed by atoms with Crippen molar-refractivity contribution in [3.63, 3.8) is 0 Å². The smallest absolute Gasteiger partial charge is 0.0564 e. The lowest BCUT2D eigenvalue weighted by Crippen LogP contribution is -2.13. The summed E-state index contributed by atoms with van der Waals surface area (Å²) in [5, 5.41) is 9.37. The zero-order valence-electron chi connectivity index (χ0n) is 7.84. The van der Waals surface area contributed by atoms with Crippen molar-refractivity contribution in [1.29, 1.82) is 0 Å². The molecule has 0 aliphatic rings. The first-order chi connectivity index (χ1) is 5.16. The Balaban J connectivity index is 3.15. The average molecular weight is 160 g/mol. The standard InChI is InChI=1S/C9H20O2/c1-4-11-6-5-9(10)7-8(2)3/h8-10H,4-7H2,1-3H3. The van der Waals surface area contributed by atoms with Crippen LogP contribution in [-0.4, -0.2) is 24.4 Å². The van der Waals surface area contributed by atoms with Gasteiger partial charge in [-0.25, -0.2) is 0 Å². The summed E-state index contributed by atoms with van der Waals surface area (Å²) < 4.78 is 5.13. The minimum atomic E-state index is -0.179. The largest absolute Gasteiger partial charge is 0.393 e. The van der Waals surface area contributed by atoms with E-state index in [9.17, 15) is 5.11 Å². The molecule has 0 aliphatic heterocycles. The van der Waals surface area contributed by atoms with Gasteiger partial charge >= 0.3 is 0 Å². The van der Waals surface area contributed by atoms with Crippen LogP contribution in [0.5, 0.6) is 0 Å². The lowest BCUT2D eigenvalue weighted by Gasteiger charge is -2.12. The molecule has 2 nitrogen and oxygen atoms in total. The normalized spacial score (nSPS) is 13.9. The topological polar surface area (TPSA) is 29.5 Å². The molecule has 1 unspecified atom stereocenters. The van der Waals surface area contributed by atoms with Gasteiger partial charge in [0.15, 0.2) is 0 Å². The van der Waals surface area contributed by atoms with E-state index in [1.165, 1.54) is 0 Å². The van der Waals surface area contributed by atoms with E-state index in [-0.39, 0.29) is 6.10 Å². The summed E-state index contributed by atoms with van der Waals surface area (Å²) in [6.07, 6.45) is 1.47. The van der Waals surface area contributed by atoms with Crippen molar-refractivity contribution < 1.29 is 9.84 Å². The molecule has 0 spiro atoms. The number of aliphatic hydroxyl groups is 1. The van der Waals surface area contributed by atoms with Gasteiger partial charge in [0, 0.05) is 13.2 Å². The van der Waals surface area contributed by atoms with Crippen LogP contribution in [0.15, 0.2) is 0 Å². The van der Waals surface area contributed by atoms with Crippen LogP contribution >= 0.6 is 0 Å². The lowest BCUT2D eigenvalue weighted by atomic mass is 10.0. The van der Waals surface area contributed by atoms with Gasteiger partial charge < -0.3 is 9.84 Å². The predicted octanol–water partition coefficient (Wildman–Crippen LogP) is 1.82. The van der Waals surface area contributed by atoms with Crippen LogP contribution in [0.4, 0.5) is 0 Å². The van der Waals surface area contributed by atoms with Crippen LogP contribution in [-0.2, 0) is 4.74 Å². The highest BCUT2D eigenvalue weighted by Crippen LogP contribution is 2.07. The minimum Gasteiger partial charge on any atom is -0.393 e. The van der Waals surface area contributed by atoms with Crippen LogP contribution in [0.25, 0.3) is 0 Å². The average Bonchev–Trinajstić information content (AvgIpc) is 1.86. The molecule has 0 saturated heterocycles. The van der Waals surface area contributed by atoms with Gasteiger partial charge in [-0.2, -0.15) is 0 Å². The van der Waals surface area contributed by atoms with Gasteiger partial charge in [-0.05, 0) is 25.7 Å². The number of rotatable bonds is 6. The molecule has 0 aliphatic carbocycles. The van der Waals surface area contributed by atoms with Gasteiger partial charge in [-0.3, -0.25) is 0 Å². The van der Waals surface area contributed by atoms with Crippen molar-refractivity contribution in [1.82, 2.24) is 0 Å². The predicted molar refractivity (Wildman–Crippen MR) is 46.6 cm³/mol. The van der Waals surface area contributed by atoms with Gasteiger partial charge in [-0.1, -0.05) is 13.8 Å². The zero-order chi connectivity index (χ0) is 8.69. The molecule has 68 valence electrons. The summed E-state index contributed by atoms with van der Waals surface area (Å²) >= 11 is 0. The van der Waals surface area contributed by atoms with Crippen LogP contribution in [0, 0.1) is 5.92 Å². The molecule has 0 aromatic carbocycles. The van der Waals surface area contributed by atoms with Crippen molar-refractivity contribution in [2.45, 2.75) is 39.7 Å².